The van der Waals surface area contributed by atoms with Crippen molar-refractivity contribution in [3.8, 4) is 0 Å². The third-order valence-electron chi connectivity index (χ3n) is 2.94. The number of unbranched alkanes of at least 4 members (excludes halogenated alkanes) is 1. The summed E-state index contributed by atoms with van der Waals surface area (Å²) >= 11 is 5.86. The molecule has 7 heteroatoms. The maximum Gasteiger partial charge on any atom is 0.244 e. The Kier molecular flexibility index (Phi) is 6.39. The molecule has 1 aromatic carbocycles. The second kappa shape index (κ2) is 7.36. The summed E-state index contributed by atoms with van der Waals surface area (Å²) in [7, 11) is -3.83. The van der Waals surface area contributed by atoms with Crippen LogP contribution in [-0.2, 0) is 10.0 Å². The van der Waals surface area contributed by atoms with Crippen LogP contribution in [-0.4, -0.2) is 37.5 Å². The van der Waals surface area contributed by atoms with Gasteiger partial charge in [-0.2, -0.15) is 4.31 Å². The lowest BCUT2D eigenvalue weighted by molar-refractivity contribution is 0.252. The second-order valence-corrected chi connectivity index (χ2v) is 6.83. The van der Waals surface area contributed by atoms with Crippen LogP contribution >= 0.6 is 11.6 Å². The summed E-state index contributed by atoms with van der Waals surface area (Å²) in [6.45, 7) is 3.44. The molecule has 0 amide bonds. The Morgan fingerprint density at radius 1 is 1.35 bits per heavy atom. The number of benzene rings is 1. The zero-order valence-electron chi connectivity index (χ0n) is 11.6. The minimum atomic E-state index is -3.83. The third kappa shape index (κ3) is 3.91. The van der Waals surface area contributed by atoms with Crippen molar-refractivity contribution in [2.24, 2.45) is 0 Å². The lowest BCUT2D eigenvalue weighted by Crippen LogP contribution is -2.34. The lowest BCUT2D eigenvalue weighted by atomic mass is 10.2. The number of aliphatic hydroxyl groups excluding tert-OH is 1. The van der Waals surface area contributed by atoms with Gasteiger partial charge in [-0.05, 0) is 31.0 Å². The highest BCUT2D eigenvalue weighted by molar-refractivity contribution is 7.89. The molecule has 0 aliphatic heterocycles. The molecule has 4 nitrogen and oxygen atoms in total. The van der Waals surface area contributed by atoms with Crippen LogP contribution in [0.1, 0.15) is 25.3 Å². The SMILES string of the molecule is CCCCN(CCO)S(=O)(=O)c1cc(C)c(F)cc1Cl. The van der Waals surface area contributed by atoms with E-state index in [0.717, 1.165) is 12.5 Å². The molecule has 20 heavy (non-hydrogen) atoms. The van der Waals surface area contributed by atoms with Gasteiger partial charge in [0.2, 0.25) is 10.0 Å². The summed E-state index contributed by atoms with van der Waals surface area (Å²) in [5, 5.41) is 8.87. The van der Waals surface area contributed by atoms with Crippen molar-refractivity contribution in [2.45, 2.75) is 31.6 Å². The summed E-state index contributed by atoms with van der Waals surface area (Å²) in [4.78, 5) is -0.123. The number of nitrogens with zero attached hydrogens (tertiary/aromatic N) is 1. The third-order valence-corrected chi connectivity index (χ3v) is 5.30. The fraction of sp³-hybridized carbons (Fsp3) is 0.538. The van der Waals surface area contributed by atoms with E-state index in [-0.39, 0.29) is 28.6 Å². The molecule has 0 heterocycles. The van der Waals surface area contributed by atoms with Crippen LogP contribution in [0.2, 0.25) is 5.02 Å². The lowest BCUT2D eigenvalue weighted by Gasteiger charge is -2.22. The molecule has 0 aliphatic carbocycles. The molecular weight excluding hydrogens is 305 g/mol. The minimum absolute atomic E-state index is 0.00487. The van der Waals surface area contributed by atoms with Crippen molar-refractivity contribution in [1.29, 1.82) is 0 Å². The van der Waals surface area contributed by atoms with Crippen LogP contribution in [0.4, 0.5) is 4.39 Å². The topological polar surface area (TPSA) is 57.6 Å². The first-order valence-corrected chi connectivity index (χ1v) is 8.23. The number of hydrogen-bond acceptors (Lipinski definition) is 3. The molecule has 0 spiro atoms. The Bertz CT molecular complexity index is 563. The van der Waals surface area contributed by atoms with Crippen LogP contribution in [0.5, 0.6) is 0 Å². The Balaban J connectivity index is 3.22. The van der Waals surface area contributed by atoms with Gasteiger partial charge >= 0.3 is 0 Å². The predicted molar refractivity (Wildman–Crippen MR) is 76.9 cm³/mol. The zero-order chi connectivity index (χ0) is 15.3. The Morgan fingerprint density at radius 2 is 2.00 bits per heavy atom. The Morgan fingerprint density at radius 3 is 2.55 bits per heavy atom. The van der Waals surface area contributed by atoms with Crippen molar-refractivity contribution in [2.75, 3.05) is 19.7 Å². The van der Waals surface area contributed by atoms with Gasteiger partial charge in [-0.15, -0.1) is 0 Å². The molecule has 1 N–H and O–H groups in total. The standard InChI is InChI=1S/C13H19ClFNO3S/c1-3-4-5-16(6-7-17)20(18,19)13-8-10(2)12(15)9-11(13)14/h8-9,17H,3-7H2,1-2H3. The molecular formula is C13H19ClFNO3S. The second-order valence-electron chi connectivity index (χ2n) is 4.51. The molecule has 0 aromatic heterocycles. The molecule has 0 aliphatic rings. The molecule has 114 valence electrons. The first-order valence-electron chi connectivity index (χ1n) is 6.41. The average Bonchev–Trinajstić information content (AvgIpc) is 2.38. The van der Waals surface area contributed by atoms with Gasteiger partial charge in [0.1, 0.15) is 10.7 Å². The quantitative estimate of drug-likeness (QED) is 0.839. The van der Waals surface area contributed by atoms with Gasteiger partial charge < -0.3 is 5.11 Å². The Labute approximate surface area is 124 Å². The van der Waals surface area contributed by atoms with Gasteiger partial charge in [0, 0.05) is 13.1 Å². The Hall–Kier alpha value is -0.690. The monoisotopic (exact) mass is 323 g/mol. The summed E-state index contributed by atoms with van der Waals surface area (Å²) in [5.74, 6) is -0.545. The van der Waals surface area contributed by atoms with E-state index in [0.29, 0.717) is 13.0 Å². The largest absolute Gasteiger partial charge is 0.395 e. The fourth-order valence-corrected chi connectivity index (χ4v) is 3.81. The molecule has 0 unspecified atom stereocenters. The van der Waals surface area contributed by atoms with Gasteiger partial charge in [-0.3, -0.25) is 0 Å². The van der Waals surface area contributed by atoms with Crippen LogP contribution in [0.25, 0.3) is 0 Å². The number of aryl methyl sites for hydroxylation is 1. The molecule has 0 atom stereocenters. The van der Waals surface area contributed by atoms with E-state index in [1.54, 1.807) is 0 Å². The van der Waals surface area contributed by atoms with Crippen molar-refractivity contribution in [3.63, 3.8) is 0 Å². The number of rotatable bonds is 7. The van der Waals surface area contributed by atoms with Gasteiger partial charge in [0.15, 0.2) is 0 Å². The molecule has 0 saturated carbocycles. The molecule has 1 aromatic rings. The van der Waals surface area contributed by atoms with Crippen molar-refractivity contribution in [1.82, 2.24) is 4.31 Å². The highest BCUT2D eigenvalue weighted by Gasteiger charge is 2.26. The van der Waals surface area contributed by atoms with E-state index >= 15 is 0 Å². The van der Waals surface area contributed by atoms with Crippen LogP contribution in [0, 0.1) is 12.7 Å². The van der Waals surface area contributed by atoms with E-state index in [4.69, 9.17) is 16.7 Å². The molecule has 0 radical (unpaired) electrons. The summed E-state index contributed by atoms with van der Waals surface area (Å²) in [6, 6.07) is 2.23. The first kappa shape index (κ1) is 17.4. The van der Waals surface area contributed by atoms with E-state index in [1.165, 1.54) is 17.3 Å². The number of aliphatic hydroxyl groups is 1. The number of sulfonamides is 1. The molecule has 1 rings (SSSR count). The summed E-state index contributed by atoms with van der Waals surface area (Å²) < 4.78 is 39.6. The number of hydrogen-bond donors (Lipinski definition) is 1. The smallest absolute Gasteiger partial charge is 0.244 e. The zero-order valence-corrected chi connectivity index (χ0v) is 13.1. The summed E-state index contributed by atoms with van der Waals surface area (Å²) in [6.07, 6.45) is 1.50. The van der Waals surface area contributed by atoms with E-state index in [9.17, 15) is 12.8 Å². The van der Waals surface area contributed by atoms with Gasteiger partial charge in [-0.25, -0.2) is 12.8 Å². The van der Waals surface area contributed by atoms with Crippen molar-refractivity contribution >= 4 is 21.6 Å². The summed E-state index contributed by atoms with van der Waals surface area (Å²) in [5.41, 5.74) is 0.215. The highest BCUT2D eigenvalue weighted by atomic mass is 35.5. The fourth-order valence-electron chi connectivity index (χ4n) is 1.77. The van der Waals surface area contributed by atoms with Gasteiger partial charge in [0.25, 0.3) is 0 Å². The minimum Gasteiger partial charge on any atom is -0.395 e. The number of halogens is 2. The van der Waals surface area contributed by atoms with E-state index < -0.39 is 15.8 Å². The van der Waals surface area contributed by atoms with Gasteiger partial charge in [-0.1, -0.05) is 24.9 Å². The van der Waals surface area contributed by atoms with E-state index in [2.05, 4.69) is 0 Å². The maximum atomic E-state index is 13.4. The van der Waals surface area contributed by atoms with E-state index in [1.807, 2.05) is 6.92 Å². The molecule has 0 saturated heterocycles. The van der Waals surface area contributed by atoms with Crippen molar-refractivity contribution < 1.29 is 17.9 Å². The first-order chi connectivity index (χ1) is 9.34. The van der Waals surface area contributed by atoms with Gasteiger partial charge in [0.05, 0.1) is 11.6 Å². The maximum absolute atomic E-state index is 13.4. The van der Waals surface area contributed by atoms with Crippen LogP contribution < -0.4 is 0 Å². The normalized spacial score (nSPS) is 12.1. The predicted octanol–water partition coefficient (Wildman–Crippen LogP) is 2.57. The average molecular weight is 324 g/mol. The van der Waals surface area contributed by atoms with Crippen LogP contribution in [0.3, 0.4) is 0 Å². The van der Waals surface area contributed by atoms with Crippen molar-refractivity contribution in [3.05, 3.63) is 28.5 Å². The highest BCUT2D eigenvalue weighted by Crippen LogP contribution is 2.27. The van der Waals surface area contributed by atoms with Crippen LogP contribution in [0.15, 0.2) is 17.0 Å². The molecule has 0 bridgehead atoms. The molecule has 0 fully saturated rings.